The highest BCUT2D eigenvalue weighted by Gasteiger charge is 2.48. The number of aliphatic carboxylic acids is 1. The fraction of sp³-hybridized carbons (Fsp3) is 0.471. The number of carbonyl (C=O) groups is 1. The molecule has 1 aromatic heterocycles. The van der Waals surface area contributed by atoms with Crippen molar-refractivity contribution in [2.24, 2.45) is 0 Å². The molecule has 4 heteroatoms. The predicted molar refractivity (Wildman–Crippen MR) is 81.2 cm³/mol. The van der Waals surface area contributed by atoms with E-state index in [9.17, 15) is 9.90 Å². The number of benzene rings is 1. The Kier molecular flexibility index (Phi) is 3.49. The van der Waals surface area contributed by atoms with Gasteiger partial charge in [0.15, 0.2) is 0 Å². The van der Waals surface area contributed by atoms with Gasteiger partial charge in [0.25, 0.3) is 0 Å². The van der Waals surface area contributed by atoms with Crippen LogP contribution in [-0.2, 0) is 4.79 Å². The molecule has 1 aromatic carbocycles. The third-order valence-corrected chi connectivity index (χ3v) is 4.85. The van der Waals surface area contributed by atoms with E-state index in [1.807, 2.05) is 44.2 Å². The van der Waals surface area contributed by atoms with Crippen LogP contribution in [0.25, 0.3) is 11.0 Å². The Labute approximate surface area is 124 Å². The normalized spacial score (nSPS) is 24.5. The zero-order valence-corrected chi connectivity index (χ0v) is 12.5. The van der Waals surface area contributed by atoms with E-state index in [2.05, 4.69) is 4.90 Å². The molecule has 2 aromatic rings. The van der Waals surface area contributed by atoms with E-state index in [0.717, 1.165) is 29.7 Å². The molecule has 0 amide bonds. The van der Waals surface area contributed by atoms with Crippen molar-refractivity contribution >= 4 is 16.9 Å². The topological polar surface area (TPSA) is 53.7 Å². The Morgan fingerprint density at radius 3 is 2.90 bits per heavy atom. The van der Waals surface area contributed by atoms with Crippen LogP contribution in [0.5, 0.6) is 0 Å². The lowest BCUT2D eigenvalue weighted by molar-refractivity contribution is -0.151. The number of carboxylic acids is 1. The van der Waals surface area contributed by atoms with Gasteiger partial charge in [-0.1, -0.05) is 25.1 Å². The lowest BCUT2D eigenvalue weighted by Gasteiger charge is -2.37. The molecule has 3 rings (SSSR count). The van der Waals surface area contributed by atoms with Crippen LogP contribution in [0, 0.1) is 0 Å². The van der Waals surface area contributed by atoms with E-state index >= 15 is 0 Å². The van der Waals surface area contributed by atoms with Gasteiger partial charge in [-0.2, -0.15) is 0 Å². The van der Waals surface area contributed by atoms with Gasteiger partial charge >= 0.3 is 5.97 Å². The van der Waals surface area contributed by atoms with Crippen LogP contribution in [0.3, 0.4) is 0 Å². The molecule has 2 atom stereocenters. The average molecular weight is 287 g/mol. The second-order valence-electron chi connectivity index (χ2n) is 5.85. The molecule has 1 aliphatic heterocycles. The third-order valence-electron chi connectivity index (χ3n) is 4.85. The predicted octanol–water partition coefficient (Wildman–Crippen LogP) is 3.82. The monoisotopic (exact) mass is 287 g/mol. The van der Waals surface area contributed by atoms with Crippen molar-refractivity contribution in [3.05, 3.63) is 36.1 Å². The lowest BCUT2D eigenvalue weighted by Crippen LogP contribution is -2.50. The summed E-state index contributed by atoms with van der Waals surface area (Å²) in [5.74, 6) is 0.127. The summed E-state index contributed by atoms with van der Waals surface area (Å²) in [6.45, 7) is 4.80. The Bertz CT molecular complexity index is 630. The van der Waals surface area contributed by atoms with Gasteiger partial charge < -0.3 is 9.52 Å². The fourth-order valence-electron chi connectivity index (χ4n) is 3.59. The van der Waals surface area contributed by atoms with Gasteiger partial charge in [0, 0.05) is 11.9 Å². The van der Waals surface area contributed by atoms with Crippen LogP contribution in [0.4, 0.5) is 0 Å². The first-order valence-corrected chi connectivity index (χ1v) is 7.57. The number of furan rings is 1. The molecule has 0 aliphatic carbocycles. The maximum Gasteiger partial charge on any atom is 0.324 e. The highest BCUT2D eigenvalue weighted by atomic mass is 16.4. The molecule has 0 radical (unpaired) electrons. The largest absolute Gasteiger partial charge is 0.480 e. The van der Waals surface area contributed by atoms with E-state index in [1.54, 1.807) is 0 Å². The summed E-state index contributed by atoms with van der Waals surface area (Å²) in [6, 6.07) is 9.89. The Morgan fingerprint density at radius 2 is 2.24 bits per heavy atom. The molecule has 1 aliphatic rings. The van der Waals surface area contributed by atoms with Crippen LogP contribution in [0.1, 0.15) is 44.9 Å². The van der Waals surface area contributed by atoms with Gasteiger partial charge in [0.05, 0.1) is 6.04 Å². The van der Waals surface area contributed by atoms with E-state index < -0.39 is 11.5 Å². The molecule has 2 unspecified atom stereocenters. The van der Waals surface area contributed by atoms with Crippen molar-refractivity contribution in [3.8, 4) is 0 Å². The lowest BCUT2D eigenvalue weighted by atomic mass is 9.91. The number of carboxylic acid groups (broad SMARTS) is 1. The first-order valence-electron chi connectivity index (χ1n) is 7.57. The Balaban J connectivity index is 1.96. The van der Waals surface area contributed by atoms with Crippen LogP contribution >= 0.6 is 0 Å². The number of likely N-dealkylation sites (tertiary alicyclic amines) is 1. The number of fused-ring (bicyclic) bond motifs is 1. The second kappa shape index (κ2) is 5.19. The fourth-order valence-corrected chi connectivity index (χ4v) is 3.59. The summed E-state index contributed by atoms with van der Waals surface area (Å²) in [6.07, 6.45) is 2.25. The molecule has 0 bridgehead atoms. The van der Waals surface area contributed by atoms with E-state index in [1.165, 1.54) is 0 Å². The Morgan fingerprint density at radius 1 is 1.48 bits per heavy atom. The molecule has 1 N–H and O–H groups in total. The highest BCUT2D eigenvalue weighted by Crippen LogP contribution is 2.40. The summed E-state index contributed by atoms with van der Waals surface area (Å²) < 4.78 is 5.93. The van der Waals surface area contributed by atoms with Crippen molar-refractivity contribution in [3.63, 3.8) is 0 Å². The number of hydrogen-bond donors (Lipinski definition) is 1. The minimum Gasteiger partial charge on any atom is -0.480 e. The zero-order chi connectivity index (χ0) is 15.0. The van der Waals surface area contributed by atoms with Gasteiger partial charge in [0.1, 0.15) is 16.9 Å². The van der Waals surface area contributed by atoms with Crippen LogP contribution < -0.4 is 0 Å². The molecule has 0 spiro atoms. The van der Waals surface area contributed by atoms with Crippen molar-refractivity contribution in [2.75, 3.05) is 6.54 Å². The molecule has 1 fully saturated rings. The third kappa shape index (κ3) is 2.14. The summed E-state index contributed by atoms with van der Waals surface area (Å²) in [7, 11) is 0. The minimum atomic E-state index is -0.752. The van der Waals surface area contributed by atoms with Crippen LogP contribution in [0.15, 0.2) is 34.7 Å². The number of hydrogen-bond acceptors (Lipinski definition) is 3. The van der Waals surface area contributed by atoms with Crippen molar-refractivity contribution in [2.45, 2.75) is 44.7 Å². The highest BCUT2D eigenvalue weighted by molar-refractivity contribution is 5.80. The Hall–Kier alpha value is -1.81. The van der Waals surface area contributed by atoms with Gasteiger partial charge in [-0.15, -0.1) is 0 Å². The SMILES string of the molecule is CCC1(C(=O)O)CCCN1C(C)c1cc2ccccc2o1. The van der Waals surface area contributed by atoms with E-state index in [4.69, 9.17) is 4.42 Å². The number of rotatable bonds is 4. The van der Waals surface area contributed by atoms with Gasteiger partial charge in [-0.05, 0) is 38.3 Å². The molecule has 112 valence electrons. The van der Waals surface area contributed by atoms with Crippen LogP contribution in [-0.4, -0.2) is 28.1 Å². The van der Waals surface area contributed by atoms with Crippen molar-refractivity contribution in [1.29, 1.82) is 0 Å². The zero-order valence-electron chi connectivity index (χ0n) is 12.5. The molecule has 2 heterocycles. The first-order chi connectivity index (χ1) is 10.1. The smallest absolute Gasteiger partial charge is 0.324 e. The van der Waals surface area contributed by atoms with Crippen molar-refractivity contribution in [1.82, 2.24) is 4.90 Å². The standard InChI is InChI=1S/C17H21NO3/c1-3-17(16(19)20)9-6-10-18(17)12(2)15-11-13-7-4-5-8-14(13)21-15/h4-5,7-8,11-12H,3,6,9-10H2,1-2H3,(H,19,20). The summed E-state index contributed by atoms with van der Waals surface area (Å²) in [4.78, 5) is 13.9. The molecular formula is C17H21NO3. The quantitative estimate of drug-likeness (QED) is 0.928. The first kappa shape index (κ1) is 14.1. The summed E-state index contributed by atoms with van der Waals surface area (Å²) in [5, 5.41) is 10.8. The maximum atomic E-state index is 11.8. The number of para-hydroxylation sites is 1. The van der Waals surface area contributed by atoms with E-state index in [-0.39, 0.29) is 6.04 Å². The molecule has 21 heavy (non-hydrogen) atoms. The minimum absolute atomic E-state index is 0.0315. The van der Waals surface area contributed by atoms with Crippen molar-refractivity contribution < 1.29 is 14.3 Å². The van der Waals surface area contributed by atoms with E-state index in [0.29, 0.717) is 12.8 Å². The van der Waals surface area contributed by atoms with Crippen LogP contribution in [0.2, 0.25) is 0 Å². The van der Waals surface area contributed by atoms with Gasteiger partial charge in [-0.25, -0.2) is 0 Å². The summed E-state index contributed by atoms with van der Waals surface area (Å²) >= 11 is 0. The molecule has 1 saturated heterocycles. The maximum absolute atomic E-state index is 11.8. The van der Waals surface area contributed by atoms with Gasteiger partial charge in [0.2, 0.25) is 0 Å². The van der Waals surface area contributed by atoms with Gasteiger partial charge in [-0.3, -0.25) is 9.69 Å². The molecule has 4 nitrogen and oxygen atoms in total. The summed E-state index contributed by atoms with van der Waals surface area (Å²) in [5.41, 5.74) is 0.106. The molecule has 0 saturated carbocycles. The molecular weight excluding hydrogens is 266 g/mol. The second-order valence-corrected chi connectivity index (χ2v) is 5.85. The number of nitrogens with zero attached hydrogens (tertiary/aromatic N) is 1. The average Bonchev–Trinajstić information content (AvgIpc) is 3.10.